The standard InChI is InChI=1S/C13H21N3O/c1-3-11(2)8-15-5-4-6-16-13(9-15)7-12(10-17)14-16/h3,7,17H,4-6,8-10H2,1-2H3. The third kappa shape index (κ3) is 2.96. The van der Waals surface area contributed by atoms with Crippen molar-refractivity contribution >= 4 is 0 Å². The van der Waals surface area contributed by atoms with Crippen LogP contribution >= 0.6 is 0 Å². The third-order valence-corrected chi connectivity index (χ3v) is 3.27. The second-order valence-corrected chi connectivity index (χ2v) is 4.71. The van der Waals surface area contributed by atoms with Gasteiger partial charge in [-0.2, -0.15) is 5.10 Å². The number of nitrogens with zero attached hydrogens (tertiary/aromatic N) is 3. The van der Waals surface area contributed by atoms with Gasteiger partial charge in [0.1, 0.15) is 0 Å². The highest BCUT2D eigenvalue weighted by molar-refractivity contribution is 5.11. The molecule has 0 aliphatic carbocycles. The first-order valence-corrected chi connectivity index (χ1v) is 6.23. The topological polar surface area (TPSA) is 41.3 Å². The molecule has 4 nitrogen and oxygen atoms in total. The van der Waals surface area contributed by atoms with Gasteiger partial charge < -0.3 is 5.11 Å². The van der Waals surface area contributed by atoms with Crippen LogP contribution in [0.4, 0.5) is 0 Å². The molecule has 0 spiro atoms. The third-order valence-electron chi connectivity index (χ3n) is 3.27. The maximum Gasteiger partial charge on any atom is 0.0882 e. The molecule has 2 rings (SSSR count). The number of hydrogen-bond donors (Lipinski definition) is 1. The average Bonchev–Trinajstić information content (AvgIpc) is 2.62. The van der Waals surface area contributed by atoms with Gasteiger partial charge in [-0.15, -0.1) is 0 Å². The van der Waals surface area contributed by atoms with Gasteiger partial charge in [-0.1, -0.05) is 11.6 Å². The molecule has 1 aliphatic rings. The van der Waals surface area contributed by atoms with Crippen LogP contribution < -0.4 is 0 Å². The van der Waals surface area contributed by atoms with Gasteiger partial charge in [0.05, 0.1) is 18.0 Å². The lowest BCUT2D eigenvalue weighted by Crippen LogP contribution is -2.25. The highest BCUT2D eigenvalue weighted by Gasteiger charge is 2.16. The van der Waals surface area contributed by atoms with E-state index >= 15 is 0 Å². The number of rotatable bonds is 3. The molecule has 0 bridgehead atoms. The Kier molecular flexibility index (Phi) is 3.97. The second kappa shape index (κ2) is 5.47. The quantitative estimate of drug-likeness (QED) is 0.808. The predicted molar refractivity (Wildman–Crippen MR) is 67.5 cm³/mol. The summed E-state index contributed by atoms with van der Waals surface area (Å²) in [6, 6.07) is 2.02. The first-order valence-electron chi connectivity index (χ1n) is 6.23. The monoisotopic (exact) mass is 235 g/mol. The van der Waals surface area contributed by atoms with Crippen LogP contribution in [0.3, 0.4) is 0 Å². The van der Waals surface area contributed by atoms with Crippen molar-refractivity contribution in [2.24, 2.45) is 0 Å². The van der Waals surface area contributed by atoms with Gasteiger partial charge in [0.25, 0.3) is 0 Å². The van der Waals surface area contributed by atoms with Gasteiger partial charge in [0.2, 0.25) is 0 Å². The molecule has 0 amide bonds. The summed E-state index contributed by atoms with van der Waals surface area (Å²) in [6.45, 7) is 8.31. The zero-order valence-corrected chi connectivity index (χ0v) is 10.7. The first kappa shape index (κ1) is 12.3. The molecule has 0 saturated heterocycles. The maximum absolute atomic E-state index is 9.11. The minimum absolute atomic E-state index is 0.0356. The highest BCUT2D eigenvalue weighted by atomic mass is 16.3. The fourth-order valence-electron chi connectivity index (χ4n) is 2.24. The highest BCUT2D eigenvalue weighted by Crippen LogP contribution is 2.14. The Morgan fingerprint density at radius 3 is 3.06 bits per heavy atom. The summed E-state index contributed by atoms with van der Waals surface area (Å²) in [4.78, 5) is 2.44. The Morgan fingerprint density at radius 2 is 2.35 bits per heavy atom. The molecule has 0 saturated carbocycles. The van der Waals surface area contributed by atoms with Gasteiger partial charge in [-0.05, 0) is 26.3 Å². The Bertz CT molecular complexity index is 409. The molecule has 0 fully saturated rings. The lowest BCUT2D eigenvalue weighted by molar-refractivity contribution is 0.274. The van der Waals surface area contributed by atoms with Gasteiger partial charge >= 0.3 is 0 Å². The number of aryl methyl sites for hydroxylation is 1. The summed E-state index contributed by atoms with van der Waals surface area (Å²) in [5.41, 5.74) is 3.40. The molecule has 2 heterocycles. The Morgan fingerprint density at radius 1 is 1.53 bits per heavy atom. The zero-order valence-electron chi connectivity index (χ0n) is 10.7. The van der Waals surface area contributed by atoms with Crippen LogP contribution in [0.15, 0.2) is 17.7 Å². The van der Waals surface area contributed by atoms with Crippen molar-refractivity contribution < 1.29 is 5.11 Å². The van der Waals surface area contributed by atoms with Crippen molar-refractivity contribution in [3.63, 3.8) is 0 Å². The van der Waals surface area contributed by atoms with Crippen LogP contribution in [0, 0.1) is 0 Å². The lowest BCUT2D eigenvalue weighted by atomic mass is 10.2. The van der Waals surface area contributed by atoms with Gasteiger partial charge in [0, 0.05) is 26.2 Å². The van der Waals surface area contributed by atoms with E-state index in [9.17, 15) is 0 Å². The lowest BCUT2D eigenvalue weighted by Gasteiger charge is -2.19. The van der Waals surface area contributed by atoms with Crippen molar-refractivity contribution in [3.05, 3.63) is 29.1 Å². The van der Waals surface area contributed by atoms with Gasteiger partial charge in [0.15, 0.2) is 0 Å². The maximum atomic E-state index is 9.11. The normalized spacial score (nSPS) is 17.9. The van der Waals surface area contributed by atoms with Gasteiger partial charge in [-0.25, -0.2) is 0 Å². The largest absolute Gasteiger partial charge is 0.390 e. The molecule has 1 aromatic heterocycles. The summed E-state index contributed by atoms with van der Waals surface area (Å²) in [5, 5.41) is 13.5. The van der Waals surface area contributed by atoms with E-state index in [4.69, 9.17) is 5.11 Å². The number of hydrogen-bond acceptors (Lipinski definition) is 3. The summed E-state index contributed by atoms with van der Waals surface area (Å²) >= 11 is 0. The number of allylic oxidation sites excluding steroid dienone is 1. The van der Waals surface area contributed by atoms with Gasteiger partial charge in [-0.3, -0.25) is 9.58 Å². The molecular formula is C13H21N3O. The van der Waals surface area contributed by atoms with Crippen LogP contribution in [0.25, 0.3) is 0 Å². The van der Waals surface area contributed by atoms with E-state index in [0.29, 0.717) is 0 Å². The average molecular weight is 235 g/mol. The van der Waals surface area contributed by atoms with Crippen molar-refractivity contribution in [1.82, 2.24) is 14.7 Å². The number of aromatic nitrogens is 2. The van der Waals surface area contributed by atoms with Crippen LogP contribution in [-0.2, 0) is 19.7 Å². The summed E-state index contributed by atoms with van der Waals surface area (Å²) in [6.07, 6.45) is 3.29. The van der Waals surface area contributed by atoms with Crippen molar-refractivity contribution in [3.8, 4) is 0 Å². The van der Waals surface area contributed by atoms with E-state index in [1.165, 1.54) is 11.3 Å². The Hall–Kier alpha value is -1.13. The molecule has 0 radical (unpaired) electrons. The Labute approximate surface area is 103 Å². The van der Waals surface area contributed by atoms with E-state index in [1.807, 2.05) is 10.7 Å². The zero-order chi connectivity index (χ0) is 12.3. The van der Waals surface area contributed by atoms with Crippen LogP contribution in [-0.4, -0.2) is 32.9 Å². The fraction of sp³-hybridized carbons (Fsp3) is 0.615. The smallest absolute Gasteiger partial charge is 0.0882 e. The van der Waals surface area contributed by atoms with Crippen LogP contribution in [0.2, 0.25) is 0 Å². The van der Waals surface area contributed by atoms with E-state index < -0.39 is 0 Å². The molecule has 4 heteroatoms. The minimum Gasteiger partial charge on any atom is -0.390 e. The molecule has 94 valence electrons. The molecule has 0 atom stereocenters. The fourth-order valence-corrected chi connectivity index (χ4v) is 2.24. The molecule has 1 aliphatic heterocycles. The van der Waals surface area contributed by atoms with Crippen molar-refractivity contribution in [1.29, 1.82) is 0 Å². The van der Waals surface area contributed by atoms with Crippen LogP contribution in [0.1, 0.15) is 31.7 Å². The molecule has 0 unspecified atom stereocenters. The molecule has 17 heavy (non-hydrogen) atoms. The molecule has 0 aromatic carbocycles. The van der Waals surface area contributed by atoms with E-state index in [2.05, 4.69) is 29.9 Å². The molecule has 1 aromatic rings. The molecule has 1 N–H and O–H groups in total. The summed E-state index contributed by atoms with van der Waals surface area (Å²) in [5.74, 6) is 0. The predicted octanol–water partition coefficient (Wildman–Crippen LogP) is 1.55. The first-order chi connectivity index (χ1) is 8.22. The van der Waals surface area contributed by atoms with Crippen molar-refractivity contribution in [2.75, 3.05) is 13.1 Å². The number of aliphatic hydroxyl groups is 1. The van der Waals surface area contributed by atoms with E-state index in [1.54, 1.807) is 0 Å². The van der Waals surface area contributed by atoms with E-state index in [0.717, 1.165) is 38.3 Å². The summed E-state index contributed by atoms with van der Waals surface area (Å²) < 4.78 is 2.04. The Balaban J connectivity index is 2.10. The summed E-state index contributed by atoms with van der Waals surface area (Å²) in [7, 11) is 0. The van der Waals surface area contributed by atoms with Crippen LogP contribution in [0.5, 0.6) is 0 Å². The second-order valence-electron chi connectivity index (χ2n) is 4.71. The van der Waals surface area contributed by atoms with Crippen molar-refractivity contribution in [2.45, 2.75) is 40.0 Å². The van der Waals surface area contributed by atoms with E-state index in [-0.39, 0.29) is 6.61 Å². The molecular weight excluding hydrogens is 214 g/mol. The SMILES string of the molecule is CC=C(C)CN1CCCn2nc(CO)cc2C1. The minimum atomic E-state index is 0.0356. The number of fused-ring (bicyclic) bond motifs is 1. The number of aliphatic hydroxyl groups excluding tert-OH is 1.